The normalized spacial score (nSPS) is 18.5. The number of benzene rings is 1. The van der Waals surface area contributed by atoms with Gasteiger partial charge in [0.15, 0.2) is 5.96 Å². The molecule has 3 N–H and O–H groups in total. The second-order valence-electron chi connectivity index (χ2n) is 15.2. The Bertz CT molecular complexity index is 1370. The highest BCUT2D eigenvalue weighted by atomic mass is 31.1. The van der Waals surface area contributed by atoms with E-state index in [1.807, 2.05) is 37.2 Å². The predicted octanol–water partition coefficient (Wildman–Crippen LogP) is 3.78. The maximum atomic E-state index is 13.9. The molecule has 1 aromatic rings. The summed E-state index contributed by atoms with van der Waals surface area (Å²) >= 11 is 0. The van der Waals surface area contributed by atoms with Gasteiger partial charge in [-0.1, -0.05) is 83.4 Å². The smallest absolute Gasteiger partial charge is 0.312 e. The molecule has 3 rings (SSSR count). The van der Waals surface area contributed by atoms with Gasteiger partial charge in [-0.3, -0.25) is 19.2 Å². The van der Waals surface area contributed by atoms with Gasteiger partial charge in [-0.25, -0.2) is 4.99 Å². The van der Waals surface area contributed by atoms with Crippen LogP contribution in [0.15, 0.2) is 35.3 Å². The number of hydrogen-bond acceptors (Lipinski definition) is 10. The van der Waals surface area contributed by atoms with Gasteiger partial charge in [-0.2, -0.15) is 0 Å². The Labute approximate surface area is 350 Å². The monoisotopic (exact) mass is 838 g/mol. The Morgan fingerprint density at radius 2 is 1.62 bits per heavy atom. The molecule has 2 heterocycles. The number of ether oxygens (including phenoxy) is 3. The first-order valence-corrected chi connectivity index (χ1v) is 22.4. The van der Waals surface area contributed by atoms with Crippen LogP contribution >= 0.6 is 8.15 Å². The minimum absolute atomic E-state index is 0.0180. The van der Waals surface area contributed by atoms with Crippen molar-refractivity contribution in [2.24, 2.45) is 16.8 Å². The van der Waals surface area contributed by atoms with Crippen molar-refractivity contribution in [2.45, 2.75) is 97.9 Å². The lowest BCUT2D eigenvalue weighted by molar-refractivity contribution is -0.145. The fourth-order valence-corrected chi connectivity index (χ4v) is 7.98. The van der Waals surface area contributed by atoms with E-state index in [-0.39, 0.29) is 61.1 Å². The van der Waals surface area contributed by atoms with Crippen molar-refractivity contribution >= 4 is 37.8 Å². The third kappa shape index (κ3) is 17.9. The van der Waals surface area contributed by atoms with Crippen molar-refractivity contribution in [3.05, 3.63) is 35.9 Å². The van der Waals surface area contributed by atoms with E-state index in [1.165, 1.54) is 26.2 Å². The van der Waals surface area contributed by atoms with Crippen LogP contribution in [0.1, 0.15) is 72.3 Å². The third-order valence-corrected chi connectivity index (χ3v) is 11.5. The fourth-order valence-electron chi connectivity index (χ4n) is 7.10. The van der Waals surface area contributed by atoms with Crippen LogP contribution in [-0.2, 0) is 33.4 Å². The highest BCUT2D eigenvalue weighted by Gasteiger charge is 2.42. The first-order valence-electron chi connectivity index (χ1n) is 20.7. The number of likely N-dealkylation sites (tertiary alicyclic amines) is 1. The molecule has 0 saturated carbocycles. The number of hydrogen-bond donors (Lipinski definition) is 3. The molecule has 1 aromatic carbocycles. The Kier molecular flexibility index (Phi) is 26.3. The van der Waals surface area contributed by atoms with Gasteiger partial charge in [-0.15, -0.1) is 0 Å². The van der Waals surface area contributed by atoms with Crippen molar-refractivity contribution in [1.29, 1.82) is 0 Å². The largest absolute Gasteiger partial charge is 0.469 e. The summed E-state index contributed by atoms with van der Waals surface area (Å²) in [6.07, 6.45) is 2.16. The molecule has 0 spiro atoms. The number of carbonyl (C=O) groups excluding carboxylic acids is 4. The average Bonchev–Trinajstić information content (AvgIpc) is 3.70. The van der Waals surface area contributed by atoms with E-state index in [0.717, 1.165) is 45.0 Å². The average molecular weight is 838 g/mol. The zero-order chi connectivity index (χ0) is 43.8. The molecule has 16 heteroatoms. The summed E-state index contributed by atoms with van der Waals surface area (Å²) in [5, 5.41) is 6.05. The SMILES string of the molecule is CCC.CCC(C)C(C(CC(=O)N1CCCC1C(OC)C(C)C(=O)NCP(O)CC(=O)OC)OC)N(C)C(=O)CN=C(N(C)C)N1CCNCC1.Cc1ccccc1. The third-order valence-electron chi connectivity index (χ3n) is 10.4. The number of methoxy groups -OCH3 is 3. The highest BCUT2D eigenvalue weighted by Crippen LogP contribution is 2.31. The molecule has 332 valence electrons. The lowest BCUT2D eigenvalue weighted by Gasteiger charge is -2.39. The molecule has 7 atom stereocenters. The van der Waals surface area contributed by atoms with Crippen LogP contribution in [0.2, 0.25) is 0 Å². The molecule has 7 unspecified atom stereocenters. The van der Waals surface area contributed by atoms with E-state index in [0.29, 0.717) is 13.0 Å². The van der Waals surface area contributed by atoms with Crippen LogP contribution in [0, 0.1) is 18.8 Å². The van der Waals surface area contributed by atoms with Gasteiger partial charge in [-0.05, 0) is 25.7 Å². The first-order chi connectivity index (χ1) is 27.6. The summed E-state index contributed by atoms with van der Waals surface area (Å²) < 4.78 is 16.3. The maximum Gasteiger partial charge on any atom is 0.312 e. The summed E-state index contributed by atoms with van der Waals surface area (Å²) in [6, 6.07) is 9.56. The number of esters is 1. The molecule has 2 saturated heterocycles. The number of nitrogens with zero attached hydrogens (tertiary/aromatic N) is 5. The van der Waals surface area contributed by atoms with Crippen molar-refractivity contribution in [3.8, 4) is 0 Å². The van der Waals surface area contributed by atoms with Crippen LogP contribution in [0.5, 0.6) is 0 Å². The zero-order valence-electron chi connectivity index (χ0n) is 37.5. The van der Waals surface area contributed by atoms with E-state index in [9.17, 15) is 24.1 Å². The molecule has 2 fully saturated rings. The van der Waals surface area contributed by atoms with Crippen molar-refractivity contribution in [2.75, 3.05) is 94.2 Å². The number of aliphatic imine (C=N–C) groups is 1. The summed E-state index contributed by atoms with van der Waals surface area (Å²) in [5.74, 6) is -0.972. The van der Waals surface area contributed by atoms with Crippen molar-refractivity contribution < 1.29 is 38.3 Å². The molecule has 0 radical (unpaired) electrons. The van der Waals surface area contributed by atoms with Gasteiger partial charge in [0.05, 0.1) is 64.3 Å². The summed E-state index contributed by atoms with van der Waals surface area (Å²) in [4.78, 5) is 74.4. The fraction of sp³-hybridized carbons (Fsp3) is 0.738. The lowest BCUT2D eigenvalue weighted by Crippen LogP contribution is -2.53. The van der Waals surface area contributed by atoms with Gasteiger partial charge in [0.1, 0.15) is 6.54 Å². The quantitative estimate of drug-likeness (QED) is 0.0906. The van der Waals surface area contributed by atoms with Gasteiger partial charge in [0, 0.05) is 68.1 Å². The van der Waals surface area contributed by atoms with E-state index >= 15 is 0 Å². The molecule has 0 aromatic heterocycles. The lowest BCUT2D eigenvalue weighted by atomic mass is 9.90. The number of carbonyl (C=O) groups is 4. The minimum Gasteiger partial charge on any atom is -0.469 e. The number of nitrogens with one attached hydrogen (secondary N) is 2. The Hall–Kier alpha value is -3.36. The molecule has 15 nitrogen and oxygen atoms in total. The van der Waals surface area contributed by atoms with Crippen LogP contribution in [0.3, 0.4) is 0 Å². The Balaban J connectivity index is 0.00000147. The standard InChI is InChI=1S/C32H60N7O8P.C7H8.C3H8/c1-10-22(2)29(37(6)27(41)19-34-32(36(4)5)38-16-13-33-14-17-38)25(45-7)18-26(40)39-15-11-12-24(39)30(47-9)23(3)31(43)35-21-48(44)20-28(42)46-8;1-7-5-3-2-4-6-7;1-3-2/h22-25,29-30,33,44H,10-21H2,1-9H3,(H,35,43);2-6H,1H3;3H2,1-2H3. The van der Waals surface area contributed by atoms with E-state index < -0.39 is 32.2 Å². The van der Waals surface area contributed by atoms with Crippen LogP contribution in [-0.4, -0.2) is 173 Å². The number of rotatable bonds is 17. The minimum atomic E-state index is -1.75. The van der Waals surface area contributed by atoms with Gasteiger partial charge >= 0.3 is 5.97 Å². The van der Waals surface area contributed by atoms with Crippen LogP contribution < -0.4 is 10.6 Å². The molecule has 3 amide bonds. The highest BCUT2D eigenvalue weighted by molar-refractivity contribution is 7.52. The number of amides is 3. The van der Waals surface area contributed by atoms with Crippen LogP contribution in [0.25, 0.3) is 0 Å². The first kappa shape index (κ1) is 52.7. The second-order valence-corrected chi connectivity index (χ2v) is 16.8. The Morgan fingerprint density at radius 1 is 1.00 bits per heavy atom. The molecule has 2 aliphatic rings. The van der Waals surface area contributed by atoms with Gasteiger partial charge in [0.25, 0.3) is 0 Å². The Morgan fingerprint density at radius 3 is 2.12 bits per heavy atom. The predicted molar refractivity (Wildman–Crippen MR) is 233 cm³/mol. The number of likely N-dealkylation sites (N-methyl/N-ethyl adjacent to an activating group) is 1. The molecule has 2 aliphatic heterocycles. The second kappa shape index (κ2) is 29.0. The molecular weight excluding hydrogens is 761 g/mol. The molecule has 0 aliphatic carbocycles. The topological polar surface area (TPSA) is 166 Å². The van der Waals surface area contributed by atoms with Crippen molar-refractivity contribution in [3.63, 3.8) is 0 Å². The number of aryl methyl sites for hydroxylation is 1. The van der Waals surface area contributed by atoms with Crippen LogP contribution in [0.4, 0.5) is 0 Å². The molecule has 58 heavy (non-hydrogen) atoms. The molecule has 0 bridgehead atoms. The summed E-state index contributed by atoms with van der Waals surface area (Å²) in [5.41, 5.74) is 1.32. The number of guanidine groups is 1. The van der Waals surface area contributed by atoms with E-state index in [4.69, 9.17) is 14.5 Å². The molecular formula is C42H76N7O8P. The summed E-state index contributed by atoms with van der Waals surface area (Å²) in [6.45, 7) is 16.0. The van der Waals surface area contributed by atoms with Crippen molar-refractivity contribution in [1.82, 2.24) is 30.2 Å². The van der Waals surface area contributed by atoms with Gasteiger partial charge < -0.3 is 49.3 Å². The number of piperazine rings is 1. The van der Waals surface area contributed by atoms with E-state index in [1.54, 1.807) is 30.9 Å². The summed E-state index contributed by atoms with van der Waals surface area (Å²) in [7, 11) is 8.20. The zero-order valence-corrected chi connectivity index (χ0v) is 38.4. The maximum absolute atomic E-state index is 13.9. The van der Waals surface area contributed by atoms with Gasteiger partial charge in [0.2, 0.25) is 17.7 Å². The van der Waals surface area contributed by atoms with E-state index in [2.05, 4.69) is 67.0 Å².